The SMILES string of the molecule is C#CC(C)(OS(=O)O)c1ccccc1. The summed E-state index contributed by atoms with van der Waals surface area (Å²) >= 11 is -2.38. The zero-order chi connectivity index (χ0) is 10.6. The van der Waals surface area contributed by atoms with Crippen LogP contribution in [0, 0.1) is 12.3 Å². The summed E-state index contributed by atoms with van der Waals surface area (Å²) in [5.74, 6) is 2.35. The molecule has 0 spiro atoms. The lowest BCUT2D eigenvalue weighted by atomic mass is 9.97. The molecule has 1 rings (SSSR count). The van der Waals surface area contributed by atoms with Gasteiger partial charge >= 0.3 is 11.4 Å². The third-order valence-corrected chi connectivity index (χ3v) is 2.31. The molecule has 0 saturated heterocycles. The molecule has 0 heterocycles. The third kappa shape index (κ3) is 2.42. The molecule has 0 aliphatic heterocycles. The highest BCUT2D eigenvalue weighted by Crippen LogP contribution is 2.24. The first-order chi connectivity index (χ1) is 6.58. The predicted octanol–water partition coefficient (Wildman–Crippen LogP) is 1.69. The fraction of sp³-hybridized carbons (Fsp3) is 0.200. The number of benzene rings is 1. The summed E-state index contributed by atoms with van der Waals surface area (Å²) in [6, 6.07) is 8.89. The van der Waals surface area contributed by atoms with Gasteiger partial charge in [0.15, 0.2) is 5.60 Å². The smallest absolute Gasteiger partial charge is 0.284 e. The zero-order valence-corrected chi connectivity index (χ0v) is 8.45. The van der Waals surface area contributed by atoms with Crippen LogP contribution in [0.5, 0.6) is 0 Å². The molecule has 0 aliphatic carbocycles. The summed E-state index contributed by atoms with van der Waals surface area (Å²) in [7, 11) is 0. The van der Waals surface area contributed by atoms with Gasteiger partial charge < -0.3 is 0 Å². The molecule has 3 nitrogen and oxygen atoms in total. The van der Waals surface area contributed by atoms with Crippen LogP contribution in [0.4, 0.5) is 0 Å². The molecule has 4 heteroatoms. The van der Waals surface area contributed by atoms with Crippen molar-refractivity contribution in [1.82, 2.24) is 0 Å². The summed E-state index contributed by atoms with van der Waals surface area (Å²) in [6.07, 6.45) is 5.27. The lowest BCUT2D eigenvalue weighted by Crippen LogP contribution is -2.24. The van der Waals surface area contributed by atoms with Crippen molar-refractivity contribution in [3.8, 4) is 12.3 Å². The maximum absolute atomic E-state index is 10.5. The van der Waals surface area contributed by atoms with Crippen molar-refractivity contribution < 1.29 is 12.9 Å². The molecular weight excluding hydrogens is 200 g/mol. The molecule has 1 aromatic carbocycles. The van der Waals surface area contributed by atoms with Crippen LogP contribution in [0.3, 0.4) is 0 Å². The van der Waals surface area contributed by atoms with E-state index in [1.165, 1.54) is 0 Å². The van der Waals surface area contributed by atoms with E-state index >= 15 is 0 Å². The quantitative estimate of drug-likeness (QED) is 0.610. The third-order valence-electron chi connectivity index (χ3n) is 1.84. The maximum Gasteiger partial charge on any atom is 0.303 e. The summed E-state index contributed by atoms with van der Waals surface area (Å²) in [6.45, 7) is 1.57. The highest BCUT2D eigenvalue weighted by atomic mass is 32.2. The monoisotopic (exact) mass is 210 g/mol. The topological polar surface area (TPSA) is 46.5 Å². The molecule has 0 aliphatic rings. The second-order valence-corrected chi connectivity index (χ2v) is 3.44. The van der Waals surface area contributed by atoms with Gasteiger partial charge in [0.1, 0.15) is 0 Å². The van der Waals surface area contributed by atoms with Gasteiger partial charge in [0.05, 0.1) is 0 Å². The van der Waals surface area contributed by atoms with Gasteiger partial charge in [0.25, 0.3) is 0 Å². The number of rotatable bonds is 3. The minimum atomic E-state index is -2.38. The molecule has 0 fully saturated rings. The van der Waals surface area contributed by atoms with E-state index in [0.717, 1.165) is 0 Å². The van der Waals surface area contributed by atoms with Crippen LogP contribution >= 0.6 is 0 Å². The van der Waals surface area contributed by atoms with Gasteiger partial charge in [-0.3, -0.25) is 4.55 Å². The van der Waals surface area contributed by atoms with Crippen LogP contribution < -0.4 is 0 Å². The van der Waals surface area contributed by atoms with Gasteiger partial charge in [-0.25, -0.2) is 4.18 Å². The van der Waals surface area contributed by atoms with E-state index in [0.29, 0.717) is 5.56 Å². The van der Waals surface area contributed by atoms with Gasteiger partial charge in [-0.1, -0.05) is 36.3 Å². The predicted molar refractivity (Wildman–Crippen MR) is 54.5 cm³/mol. The summed E-state index contributed by atoms with van der Waals surface area (Å²) in [4.78, 5) is 0. The first-order valence-corrected chi connectivity index (χ1v) is 4.95. The van der Waals surface area contributed by atoms with Crippen molar-refractivity contribution in [2.45, 2.75) is 12.5 Å². The Bertz CT molecular complexity index is 369. The van der Waals surface area contributed by atoms with E-state index in [-0.39, 0.29) is 0 Å². The minimum absolute atomic E-state index is 0.671. The van der Waals surface area contributed by atoms with Crippen LogP contribution in [0.25, 0.3) is 0 Å². The first-order valence-electron chi connectivity index (χ1n) is 3.92. The Balaban J connectivity index is 3.03. The first kappa shape index (κ1) is 10.9. The van der Waals surface area contributed by atoms with Crippen molar-refractivity contribution in [2.75, 3.05) is 0 Å². The molecule has 0 bridgehead atoms. The van der Waals surface area contributed by atoms with Gasteiger partial charge in [0, 0.05) is 0 Å². The Hall–Kier alpha value is -1.15. The Labute approximate surface area is 85.6 Å². The lowest BCUT2D eigenvalue weighted by molar-refractivity contribution is 0.156. The van der Waals surface area contributed by atoms with Crippen molar-refractivity contribution in [1.29, 1.82) is 0 Å². The molecule has 0 radical (unpaired) electrons. The Kier molecular flexibility index (Phi) is 3.42. The normalized spacial score (nSPS) is 16.6. The van der Waals surface area contributed by atoms with E-state index in [9.17, 15) is 4.21 Å². The Morgan fingerprint density at radius 2 is 2.07 bits per heavy atom. The average molecular weight is 210 g/mol. The van der Waals surface area contributed by atoms with Crippen LogP contribution in [0.15, 0.2) is 30.3 Å². The molecule has 2 atom stereocenters. The van der Waals surface area contributed by atoms with Crippen LogP contribution in [0.2, 0.25) is 0 Å². The lowest BCUT2D eigenvalue weighted by Gasteiger charge is -2.21. The van der Waals surface area contributed by atoms with Crippen LogP contribution in [-0.4, -0.2) is 8.76 Å². The van der Waals surface area contributed by atoms with Crippen LogP contribution in [0.1, 0.15) is 12.5 Å². The molecule has 0 saturated carbocycles. The molecule has 0 amide bonds. The average Bonchev–Trinajstić information content (AvgIpc) is 2.18. The van der Waals surface area contributed by atoms with E-state index in [1.54, 1.807) is 31.2 Å². The Morgan fingerprint density at radius 1 is 1.50 bits per heavy atom. The number of hydrogen-bond acceptors (Lipinski definition) is 2. The fourth-order valence-electron chi connectivity index (χ4n) is 1.05. The molecule has 2 unspecified atom stereocenters. The zero-order valence-electron chi connectivity index (χ0n) is 7.64. The van der Waals surface area contributed by atoms with Crippen molar-refractivity contribution in [3.63, 3.8) is 0 Å². The van der Waals surface area contributed by atoms with Crippen molar-refractivity contribution in [3.05, 3.63) is 35.9 Å². The number of hydrogen-bond donors (Lipinski definition) is 1. The van der Waals surface area contributed by atoms with Crippen molar-refractivity contribution in [2.24, 2.45) is 0 Å². The highest BCUT2D eigenvalue weighted by molar-refractivity contribution is 7.74. The van der Waals surface area contributed by atoms with Crippen LogP contribution in [-0.2, 0) is 21.1 Å². The largest absolute Gasteiger partial charge is 0.303 e. The second-order valence-electron chi connectivity index (χ2n) is 2.84. The van der Waals surface area contributed by atoms with Gasteiger partial charge in [-0.15, -0.1) is 6.42 Å². The molecule has 74 valence electrons. The Morgan fingerprint density at radius 3 is 2.50 bits per heavy atom. The summed E-state index contributed by atoms with van der Waals surface area (Å²) in [5.41, 5.74) is -0.495. The van der Waals surface area contributed by atoms with Gasteiger partial charge in [-0.2, -0.15) is 4.21 Å². The molecule has 1 N–H and O–H groups in total. The fourth-order valence-corrected chi connectivity index (χ4v) is 1.48. The second kappa shape index (κ2) is 4.38. The van der Waals surface area contributed by atoms with E-state index in [1.807, 2.05) is 6.07 Å². The standard InChI is InChI=1S/C10H10O3S/c1-3-10(2,13-14(11)12)9-7-5-4-6-8-9/h1,4-8H,2H3,(H,11,12). The van der Waals surface area contributed by atoms with Gasteiger partial charge in [0.2, 0.25) is 0 Å². The summed E-state index contributed by atoms with van der Waals surface area (Å²) in [5, 5.41) is 0. The molecular formula is C10H10O3S. The number of terminal acetylenes is 1. The summed E-state index contributed by atoms with van der Waals surface area (Å²) < 4.78 is 23.9. The van der Waals surface area contributed by atoms with E-state index in [4.69, 9.17) is 15.2 Å². The van der Waals surface area contributed by atoms with E-state index in [2.05, 4.69) is 5.92 Å². The van der Waals surface area contributed by atoms with Gasteiger partial charge in [-0.05, 0) is 12.5 Å². The minimum Gasteiger partial charge on any atom is -0.284 e. The molecule has 1 aromatic rings. The maximum atomic E-state index is 10.5. The molecule has 0 aromatic heterocycles. The van der Waals surface area contributed by atoms with Crippen molar-refractivity contribution >= 4 is 11.4 Å². The highest BCUT2D eigenvalue weighted by Gasteiger charge is 2.27. The molecule has 14 heavy (non-hydrogen) atoms. The van der Waals surface area contributed by atoms with E-state index < -0.39 is 17.0 Å².